The van der Waals surface area contributed by atoms with Gasteiger partial charge < -0.3 is 11.1 Å². The van der Waals surface area contributed by atoms with Gasteiger partial charge in [0.05, 0.1) is 0 Å². The largest absolute Gasteiger partial charge is 0.433 e. The molecule has 1 aliphatic carbocycles. The van der Waals surface area contributed by atoms with Gasteiger partial charge in [-0.1, -0.05) is 29.4 Å². The Bertz CT molecular complexity index is 492. The minimum atomic E-state index is -0.642. The molecule has 0 spiro atoms. The van der Waals surface area contributed by atoms with Crippen molar-refractivity contribution < 1.29 is 9.63 Å². The first-order chi connectivity index (χ1) is 7.72. The summed E-state index contributed by atoms with van der Waals surface area (Å²) >= 11 is 0. The van der Waals surface area contributed by atoms with Crippen molar-refractivity contribution >= 4 is 23.6 Å². The fourth-order valence-corrected chi connectivity index (χ4v) is 1.42. The molecule has 0 heterocycles. The minimum Gasteiger partial charge on any atom is -0.380 e. The van der Waals surface area contributed by atoms with E-state index in [1.54, 1.807) is 0 Å². The van der Waals surface area contributed by atoms with Gasteiger partial charge in [-0.15, -0.1) is 0 Å². The van der Waals surface area contributed by atoms with Crippen molar-refractivity contribution in [1.82, 2.24) is 5.32 Å². The molecule has 5 heteroatoms. The van der Waals surface area contributed by atoms with E-state index in [0.717, 1.165) is 16.7 Å². The molecule has 0 bridgehead atoms. The second kappa shape index (κ2) is 4.06. The number of carbonyl (C=O) groups is 1. The molecule has 3 N–H and O–H groups in total. The number of amidine groups is 1. The second-order valence-electron chi connectivity index (χ2n) is 3.25. The van der Waals surface area contributed by atoms with Gasteiger partial charge in [0.25, 0.3) is 0 Å². The van der Waals surface area contributed by atoms with Crippen molar-refractivity contribution in [3.8, 4) is 0 Å². The van der Waals surface area contributed by atoms with E-state index in [2.05, 4.69) is 15.3 Å². The molecule has 0 saturated carbocycles. The van der Waals surface area contributed by atoms with Crippen molar-refractivity contribution in [2.45, 2.75) is 0 Å². The van der Waals surface area contributed by atoms with E-state index in [0.29, 0.717) is 0 Å². The molecule has 0 radical (unpaired) electrons. The van der Waals surface area contributed by atoms with Crippen LogP contribution in [0, 0.1) is 0 Å². The molecular weight excluding hydrogens is 206 g/mol. The van der Waals surface area contributed by atoms with Gasteiger partial charge >= 0.3 is 6.09 Å². The summed E-state index contributed by atoms with van der Waals surface area (Å²) in [5, 5.41) is 5.80. The summed E-state index contributed by atoms with van der Waals surface area (Å²) in [7, 11) is 1.45. The Morgan fingerprint density at radius 1 is 1.44 bits per heavy atom. The van der Waals surface area contributed by atoms with Crippen LogP contribution in [0.25, 0.3) is 11.6 Å². The zero-order chi connectivity index (χ0) is 11.5. The number of nitrogens with zero attached hydrogens (tertiary/aromatic N) is 1. The Kier molecular flexibility index (Phi) is 2.59. The first-order valence-corrected chi connectivity index (χ1v) is 4.76. The number of amides is 1. The molecule has 0 atom stereocenters. The molecule has 0 unspecified atom stereocenters. The number of benzene rings is 1. The maximum absolute atomic E-state index is 10.8. The fraction of sp³-hybridized carbons (Fsp3) is 0.0909. The van der Waals surface area contributed by atoms with Gasteiger partial charge in [-0.2, -0.15) is 0 Å². The van der Waals surface area contributed by atoms with Crippen LogP contribution in [0.3, 0.4) is 0 Å². The van der Waals surface area contributed by atoms with Crippen LogP contribution in [0.4, 0.5) is 4.79 Å². The number of nitrogens with one attached hydrogen (secondary N) is 1. The number of nitrogens with two attached hydrogens (primary N) is 1. The lowest BCUT2D eigenvalue weighted by Crippen LogP contribution is -2.22. The third kappa shape index (κ3) is 1.75. The number of carbonyl (C=O) groups excluding carboxylic acids is 1. The summed E-state index contributed by atoms with van der Waals surface area (Å²) in [4.78, 5) is 15.3. The highest BCUT2D eigenvalue weighted by Crippen LogP contribution is 2.31. The third-order valence-electron chi connectivity index (χ3n) is 2.26. The van der Waals surface area contributed by atoms with Crippen LogP contribution < -0.4 is 11.1 Å². The molecule has 0 aliphatic heterocycles. The summed E-state index contributed by atoms with van der Waals surface area (Å²) in [6.07, 6.45) is 1.25. The van der Waals surface area contributed by atoms with Crippen LogP contribution in [0.15, 0.2) is 29.4 Å². The molecule has 0 fully saturated rings. The van der Waals surface area contributed by atoms with Gasteiger partial charge in [0.2, 0.25) is 0 Å². The molecule has 0 saturated heterocycles. The van der Waals surface area contributed by atoms with Crippen LogP contribution in [0.5, 0.6) is 0 Å². The van der Waals surface area contributed by atoms with Crippen LogP contribution in [-0.2, 0) is 4.84 Å². The van der Waals surface area contributed by atoms with Gasteiger partial charge in [-0.3, -0.25) is 4.84 Å². The SMILES string of the molecule is CNC(=O)ON=C(N)C1=Cc2ccccc21. The molecule has 2 rings (SSSR count). The maximum Gasteiger partial charge on any atom is 0.433 e. The monoisotopic (exact) mass is 217 g/mol. The van der Waals surface area contributed by atoms with Crippen molar-refractivity contribution in [1.29, 1.82) is 0 Å². The Morgan fingerprint density at radius 2 is 2.19 bits per heavy atom. The Hall–Kier alpha value is -2.30. The quantitative estimate of drug-likeness (QED) is 0.338. The van der Waals surface area contributed by atoms with Crippen LogP contribution in [0.1, 0.15) is 11.1 Å². The summed E-state index contributed by atoms with van der Waals surface area (Å²) in [5.74, 6) is 0.197. The molecule has 5 nitrogen and oxygen atoms in total. The molecule has 0 aromatic heterocycles. The smallest absolute Gasteiger partial charge is 0.380 e. The Balaban J connectivity index is 2.09. The topological polar surface area (TPSA) is 76.7 Å². The predicted octanol–water partition coefficient (Wildman–Crippen LogP) is 1.17. The lowest BCUT2D eigenvalue weighted by Gasteiger charge is -2.18. The highest BCUT2D eigenvalue weighted by molar-refractivity contribution is 6.31. The molecule has 16 heavy (non-hydrogen) atoms. The van der Waals surface area contributed by atoms with Crippen molar-refractivity contribution in [3.63, 3.8) is 0 Å². The van der Waals surface area contributed by atoms with Crippen LogP contribution in [-0.4, -0.2) is 19.0 Å². The average Bonchev–Trinajstić information content (AvgIpc) is 2.27. The summed E-state index contributed by atoms with van der Waals surface area (Å²) in [6.45, 7) is 0. The van der Waals surface area contributed by atoms with Gasteiger partial charge in [-0.05, 0) is 17.2 Å². The maximum atomic E-state index is 10.8. The van der Waals surface area contributed by atoms with E-state index in [4.69, 9.17) is 5.73 Å². The highest BCUT2D eigenvalue weighted by atomic mass is 16.7. The zero-order valence-electron chi connectivity index (χ0n) is 8.73. The van der Waals surface area contributed by atoms with E-state index in [-0.39, 0.29) is 5.84 Å². The lowest BCUT2D eigenvalue weighted by atomic mass is 9.88. The Labute approximate surface area is 92.6 Å². The van der Waals surface area contributed by atoms with Gasteiger partial charge in [0.15, 0.2) is 5.84 Å². The van der Waals surface area contributed by atoms with Crippen molar-refractivity contribution in [3.05, 3.63) is 35.4 Å². The van der Waals surface area contributed by atoms with Crippen molar-refractivity contribution in [2.24, 2.45) is 10.9 Å². The number of fused-ring (bicyclic) bond motifs is 1. The third-order valence-corrected chi connectivity index (χ3v) is 2.26. The molecule has 1 aliphatic rings. The molecule has 82 valence electrons. The van der Waals surface area contributed by atoms with Crippen molar-refractivity contribution in [2.75, 3.05) is 7.05 Å². The molecule has 1 aromatic carbocycles. The first kappa shape index (κ1) is 10.2. The minimum absolute atomic E-state index is 0.197. The predicted molar refractivity (Wildman–Crippen MR) is 61.5 cm³/mol. The second-order valence-corrected chi connectivity index (χ2v) is 3.25. The molecular formula is C11H11N3O2. The first-order valence-electron chi connectivity index (χ1n) is 4.76. The van der Waals surface area contributed by atoms with E-state index < -0.39 is 6.09 Å². The van der Waals surface area contributed by atoms with Crippen LogP contribution >= 0.6 is 0 Å². The van der Waals surface area contributed by atoms with E-state index in [1.165, 1.54) is 7.05 Å². The van der Waals surface area contributed by atoms with E-state index >= 15 is 0 Å². The summed E-state index contributed by atoms with van der Waals surface area (Å²) in [6, 6.07) is 7.78. The number of hydrogen-bond acceptors (Lipinski definition) is 3. The summed E-state index contributed by atoms with van der Waals surface area (Å²) < 4.78 is 0. The number of hydrogen-bond donors (Lipinski definition) is 2. The lowest BCUT2D eigenvalue weighted by molar-refractivity contribution is 0.153. The standard InChI is InChI=1S/C11H11N3O2/c1-13-11(15)16-14-10(12)9-6-7-4-2-3-5-8(7)9/h2-6H,1H3,(H2,12,14)(H,13,15). The average molecular weight is 217 g/mol. The normalized spacial score (nSPS) is 13.3. The molecule has 1 aromatic rings. The zero-order valence-corrected chi connectivity index (χ0v) is 8.73. The van der Waals surface area contributed by atoms with Gasteiger partial charge in [0, 0.05) is 12.6 Å². The van der Waals surface area contributed by atoms with Gasteiger partial charge in [0.1, 0.15) is 0 Å². The Morgan fingerprint density at radius 3 is 2.88 bits per heavy atom. The van der Waals surface area contributed by atoms with Gasteiger partial charge in [-0.25, -0.2) is 4.79 Å². The fourth-order valence-electron chi connectivity index (χ4n) is 1.42. The summed E-state index contributed by atoms with van der Waals surface area (Å²) in [5.41, 5.74) is 8.59. The van der Waals surface area contributed by atoms with Crippen LogP contribution in [0.2, 0.25) is 0 Å². The van der Waals surface area contributed by atoms with E-state index in [9.17, 15) is 4.79 Å². The van der Waals surface area contributed by atoms with E-state index in [1.807, 2.05) is 30.3 Å². The highest BCUT2D eigenvalue weighted by Gasteiger charge is 2.18. The number of oxime groups is 1. The number of rotatable bonds is 2. The molecule has 1 amide bonds.